The van der Waals surface area contributed by atoms with Gasteiger partial charge in [-0.25, -0.2) is 8.42 Å². The number of rotatable bonds is 9. The van der Waals surface area contributed by atoms with Crippen LogP contribution in [0.1, 0.15) is 17.3 Å². The lowest BCUT2D eigenvalue weighted by Crippen LogP contribution is -2.40. The molecule has 2 rings (SSSR count). The number of Topliss-reactive ketones (excluding diaryl/α,β-unsaturated/α-hetero) is 1. The first-order chi connectivity index (χ1) is 13.3. The van der Waals surface area contributed by atoms with E-state index in [0.29, 0.717) is 17.1 Å². The largest absolute Gasteiger partial charge is 0.497 e. The number of sulfonamides is 1. The van der Waals surface area contributed by atoms with Gasteiger partial charge in [-0.1, -0.05) is 0 Å². The molecule has 0 fully saturated rings. The Morgan fingerprint density at radius 2 is 1.43 bits per heavy atom. The molecule has 150 valence electrons. The van der Waals surface area contributed by atoms with Gasteiger partial charge in [0.1, 0.15) is 17.5 Å². The van der Waals surface area contributed by atoms with Crippen LogP contribution in [0.5, 0.6) is 11.5 Å². The van der Waals surface area contributed by atoms with Gasteiger partial charge in [0.15, 0.2) is 12.4 Å². The highest BCUT2D eigenvalue weighted by Gasteiger charge is 2.24. The second-order valence-corrected chi connectivity index (χ2v) is 7.49. The van der Waals surface area contributed by atoms with E-state index in [9.17, 15) is 18.0 Å². The lowest BCUT2D eigenvalue weighted by molar-refractivity contribution is -0.144. The molecule has 0 amide bonds. The third kappa shape index (κ3) is 5.54. The summed E-state index contributed by atoms with van der Waals surface area (Å²) in [5.41, 5.74) is 0.347. The summed E-state index contributed by atoms with van der Waals surface area (Å²) in [6.07, 6.45) is 0. The number of benzene rings is 2. The summed E-state index contributed by atoms with van der Waals surface area (Å²) in [5.74, 6) is -0.182. The maximum absolute atomic E-state index is 12.3. The minimum atomic E-state index is -3.93. The molecule has 0 aromatic heterocycles. The predicted molar refractivity (Wildman–Crippen MR) is 101 cm³/mol. The van der Waals surface area contributed by atoms with Crippen LogP contribution in [0.2, 0.25) is 0 Å². The molecule has 2 aromatic carbocycles. The molecule has 28 heavy (non-hydrogen) atoms. The number of hydrogen-bond donors (Lipinski definition) is 1. The quantitative estimate of drug-likeness (QED) is 0.499. The lowest BCUT2D eigenvalue weighted by atomic mass is 10.1. The van der Waals surface area contributed by atoms with E-state index >= 15 is 0 Å². The summed E-state index contributed by atoms with van der Waals surface area (Å²) < 4.78 is 41.8. The van der Waals surface area contributed by atoms with Gasteiger partial charge in [-0.2, -0.15) is 4.72 Å². The highest BCUT2D eigenvalue weighted by atomic mass is 32.2. The van der Waals surface area contributed by atoms with Gasteiger partial charge < -0.3 is 14.2 Å². The van der Waals surface area contributed by atoms with E-state index in [1.54, 1.807) is 24.3 Å². The zero-order valence-corrected chi connectivity index (χ0v) is 16.5. The third-order valence-corrected chi connectivity index (χ3v) is 5.37. The summed E-state index contributed by atoms with van der Waals surface area (Å²) in [4.78, 5) is 24.1. The van der Waals surface area contributed by atoms with Crippen LogP contribution in [0, 0.1) is 0 Å². The van der Waals surface area contributed by atoms with Gasteiger partial charge >= 0.3 is 5.97 Å². The number of esters is 1. The average Bonchev–Trinajstić information content (AvgIpc) is 2.71. The Morgan fingerprint density at radius 1 is 0.929 bits per heavy atom. The van der Waals surface area contributed by atoms with Crippen molar-refractivity contribution in [1.82, 2.24) is 4.72 Å². The van der Waals surface area contributed by atoms with E-state index in [4.69, 9.17) is 14.2 Å². The van der Waals surface area contributed by atoms with Gasteiger partial charge in [0.25, 0.3) is 0 Å². The van der Waals surface area contributed by atoms with E-state index < -0.39 is 34.4 Å². The molecule has 0 radical (unpaired) electrons. The van der Waals surface area contributed by atoms with Crippen molar-refractivity contribution in [2.24, 2.45) is 0 Å². The standard InChI is InChI=1S/C19H21NO7S/c1-13(20-28(23,24)17-10-8-16(26-3)9-11-17)19(22)27-12-18(21)14-4-6-15(25-2)7-5-14/h4-11,13,20H,12H2,1-3H3/t13-/m0/s1. The second-order valence-electron chi connectivity index (χ2n) is 5.78. The predicted octanol–water partition coefficient (Wildman–Crippen LogP) is 1.80. The Morgan fingerprint density at radius 3 is 1.93 bits per heavy atom. The zero-order valence-electron chi connectivity index (χ0n) is 15.7. The van der Waals surface area contributed by atoms with E-state index in [0.717, 1.165) is 0 Å². The summed E-state index contributed by atoms with van der Waals surface area (Å²) in [6, 6.07) is 10.8. The van der Waals surface area contributed by atoms with Gasteiger partial charge in [0, 0.05) is 5.56 Å². The molecule has 0 heterocycles. The summed E-state index contributed by atoms with van der Waals surface area (Å²) >= 11 is 0. The number of methoxy groups -OCH3 is 2. The van der Waals surface area contributed by atoms with Crippen LogP contribution >= 0.6 is 0 Å². The molecule has 0 aliphatic rings. The van der Waals surface area contributed by atoms with Gasteiger partial charge in [0.2, 0.25) is 10.0 Å². The molecule has 1 N–H and O–H groups in total. The lowest BCUT2D eigenvalue weighted by Gasteiger charge is -2.14. The molecule has 0 bridgehead atoms. The molecule has 0 aliphatic heterocycles. The van der Waals surface area contributed by atoms with Gasteiger partial charge in [0.05, 0.1) is 19.1 Å². The van der Waals surface area contributed by atoms with Crippen LogP contribution in [-0.4, -0.2) is 47.0 Å². The Kier molecular flexibility index (Phi) is 7.13. The van der Waals surface area contributed by atoms with Gasteiger partial charge in [-0.15, -0.1) is 0 Å². The Balaban J connectivity index is 1.92. The number of ketones is 1. The minimum absolute atomic E-state index is 0.0257. The molecule has 1 atom stereocenters. The van der Waals surface area contributed by atoms with Crippen LogP contribution < -0.4 is 14.2 Å². The topological polar surface area (TPSA) is 108 Å². The van der Waals surface area contributed by atoms with E-state index in [1.165, 1.54) is 45.4 Å². The fourth-order valence-electron chi connectivity index (χ4n) is 2.23. The number of ether oxygens (including phenoxy) is 3. The molecular weight excluding hydrogens is 386 g/mol. The minimum Gasteiger partial charge on any atom is -0.497 e. The average molecular weight is 407 g/mol. The van der Waals surface area contributed by atoms with Crippen molar-refractivity contribution in [2.45, 2.75) is 17.9 Å². The van der Waals surface area contributed by atoms with Crippen molar-refractivity contribution in [3.63, 3.8) is 0 Å². The Hall–Kier alpha value is -2.91. The van der Waals surface area contributed by atoms with Crippen molar-refractivity contribution < 1.29 is 32.2 Å². The zero-order chi connectivity index (χ0) is 20.7. The van der Waals surface area contributed by atoms with Crippen molar-refractivity contribution in [2.75, 3.05) is 20.8 Å². The van der Waals surface area contributed by atoms with Gasteiger partial charge in [-0.05, 0) is 55.5 Å². The molecule has 0 saturated carbocycles. The maximum atomic E-state index is 12.3. The Labute approximate surface area is 163 Å². The van der Waals surface area contributed by atoms with Crippen LogP contribution in [-0.2, 0) is 19.6 Å². The van der Waals surface area contributed by atoms with Crippen molar-refractivity contribution in [1.29, 1.82) is 0 Å². The molecule has 2 aromatic rings. The molecule has 0 spiro atoms. The van der Waals surface area contributed by atoms with E-state index in [-0.39, 0.29) is 4.90 Å². The molecule has 8 nitrogen and oxygen atoms in total. The van der Waals surface area contributed by atoms with E-state index in [2.05, 4.69) is 4.72 Å². The first-order valence-corrected chi connectivity index (χ1v) is 9.75. The highest BCUT2D eigenvalue weighted by Crippen LogP contribution is 2.16. The fourth-order valence-corrected chi connectivity index (χ4v) is 3.42. The number of hydrogen-bond acceptors (Lipinski definition) is 7. The monoisotopic (exact) mass is 407 g/mol. The van der Waals surface area contributed by atoms with E-state index in [1.807, 2.05) is 0 Å². The third-order valence-electron chi connectivity index (χ3n) is 3.81. The van der Waals surface area contributed by atoms with Crippen molar-refractivity contribution in [3.05, 3.63) is 54.1 Å². The van der Waals surface area contributed by atoms with Crippen LogP contribution in [0.3, 0.4) is 0 Å². The molecule has 0 aliphatic carbocycles. The molecule has 9 heteroatoms. The molecular formula is C19H21NO7S. The summed E-state index contributed by atoms with van der Waals surface area (Å²) in [6.45, 7) is 0.834. The molecule has 0 saturated heterocycles. The fraction of sp³-hybridized carbons (Fsp3) is 0.263. The number of carbonyl (C=O) groups excluding carboxylic acids is 2. The summed E-state index contributed by atoms with van der Waals surface area (Å²) in [5, 5.41) is 0. The van der Waals surface area contributed by atoms with Crippen LogP contribution in [0.15, 0.2) is 53.4 Å². The first-order valence-electron chi connectivity index (χ1n) is 8.27. The highest BCUT2D eigenvalue weighted by molar-refractivity contribution is 7.89. The smallest absolute Gasteiger partial charge is 0.324 e. The number of carbonyl (C=O) groups is 2. The summed E-state index contributed by atoms with van der Waals surface area (Å²) in [7, 11) is -0.961. The second kappa shape index (κ2) is 9.34. The number of nitrogens with one attached hydrogen (secondary N) is 1. The molecule has 0 unspecified atom stereocenters. The van der Waals surface area contributed by atoms with Crippen LogP contribution in [0.4, 0.5) is 0 Å². The Bertz CT molecular complexity index is 922. The maximum Gasteiger partial charge on any atom is 0.324 e. The van der Waals surface area contributed by atoms with Gasteiger partial charge in [-0.3, -0.25) is 9.59 Å². The normalized spacial score (nSPS) is 12.1. The SMILES string of the molecule is COc1ccc(C(=O)COC(=O)[C@H](C)NS(=O)(=O)c2ccc(OC)cc2)cc1. The first kappa shape index (κ1) is 21.4. The van der Waals surface area contributed by atoms with Crippen molar-refractivity contribution >= 4 is 21.8 Å². The van der Waals surface area contributed by atoms with Crippen LogP contribution in [0.25, 0.3) is 0 Å². The van der Waals surface area contributed by atoms with Crippen molar-refractivity contribution in [3.8, 4) is 11.5 Å².